The Kier molecular flexibility index (Phi) is 8.42. The van der Waals surface area contributed by atoms with Crippen LogP contribution in [0.4, 0.5) is 0 Å². The molecule has 190 valence electrons. The number of aliphatic carboxylic acids is 1. The van der Waals surface area contributed by atoms with Crippen molar-refractivity contribution in [2.24, 2.45) is 0 Å². The number of carboxylic acid groups (broad SMARTS) is 1. The number of carbonyl (C=O) groups excluding carboxylic acids is 1. The molecule has 0 aliphatic heterocycles. The minimum absolute atomic E-state index is 0.127. The first-order valence-electron chi connectivity index (χ1n) is 11.3. The first-order valence-corrected chi connectivity index (χ1v) is 11.3. The van der Waals surface area contributed by atoms with E-state index < -0.39 is 11.6 Å². The summed E-state index contributed by atoms with van der Waals surface area (Å²) in [7, 11) is 4.66. The Hall–Kier alpha value is -4.20. The van der Waals surface area contributed by atoms with E-state index in [2.05, 4.69) is 0 Å². The summed E-state index contributed by atoms with van der Waals surface area (Å²) in [5.41, 5.74) is 0.140. The summed E-state index contributed by atoms with van der Waals surface area (Å²) in [5.74, 6) is 1.04. The molecule has 3 aromatic rings. The van der Waals surface area contributed by atoms with E-state index >= 15 is 0 Å². The van der Waals surface area contributed by atoms with Crippen molar-refractivity contribution in [3.63, 3.8) is 0 Å². The first-order chi connectivity index (χ1) is 17.2. The van der Waals surface area contributed by atoms with Crippen molar-refractivity contribution in [3.8, 4) is 28.7 Å². The van der Waals surface area contributed by atoms with E-state index in [1.807, 2.05) is 18.2 Å². The Bertz CT molecular complexity index is 1210. The van der Waals surface area contributed by atoms with Gasteiger partial charge in [0.05, 0.1) is 33.5 Å². The fourth-order valence-electron chi connectivity index (χ4n) is 3.40. The van der Waals surface area contributed by atoms with Gasteiger partial charge in [-0.25, -0.2) is 4.79 Å². The Morgan fingerprint density at radius 2 is 1.44 bits per heavy atom. The zero-order chi connectivity index (χ0) is 26.3. The summed E-state index contributed by atoms with van der Waals surface area (Å²) in [6.45, 7) is 3.26. The number of ketones is 1. The highest BCUT2D eigenvalue weighted by Crippen LogP contribution is 2.31. The molecule has 8 nitrogen and oxygen atoms in total. The lowest BCUT2D eigenvalue weighted by Gasteiger charge is -2.23. The fourth-order valence-corrected chi connectivity index (χ4v) is 3.40. The number of carbonyl (C=O) groups is 2. The van der Waals surface area contributed by atoms with Gasteiger partial charge in [0, 0.05) is 18.1 Å². The maximum absolute atomic E-state index is 13.2. The molecule has 0 radical (unpaired) electrons. The van der Waals surface area contributed by atoms with Crippen molar-refractivity contribution in [1.82, 2.24) is 0 Å². The Morgan fingerprint density at radius 3 is 2.06 bits per heavy atom. The molecular weight excluding hydrogens is 464 g/mol. The van der Waals surface area contributed by atoms with E-state index in [0.717, 1.165) is 5.56 Å². The van der Waals surface area contributed by atoms with Gasteiger partial charge in [0.25, 0.3) is 0 Å². The van der Waals surface area contributed by atoms with Crippen LogP contribution >= 0.6 is 0 Å². The molecule has 0 aromatic heterocycles. The van der Waals surface area contributed by atoms with Crippen LogP contribution in [0.3, 0.4) is 0 Å². The van der Waals surface area contributed by atoms with Crippen LogP contribution in [-0.2, 0) is 11.2 Å². The van der Waals surface area contributed by atoms with E-state index in [1.165, 1.54) is 27.0 Å². The number of rotatable bonds is 12. The molecule has 0 aliphatic carbocycles. The Balaban J connectivity index is 1.70. The van der Waals surface area contributed by atoms with Gasteiger partial charge in [-0.15, -0.1) is 0 Å². The number of carboxylic acids is 1. The second-order valence-corrected chi connectivity index (χ2v) is 8.42. The van der Waals surface area contributed by atoms with Crippen molar-refractivity contribution in [3.05, 3.63) is 77.4 Å². The van der Waals surface area contributed by atoms with Gasteiger partial charge in [-0.05, 0) is 67.9 Å². The fraction of sp³-hybridized carbons (Fsp3) is 0.286. The third-order valence-electron chi connectivity index (χ3n) is 5.54. The Labute approximate surface area is 210 Å². The topological polar surface area (TPSA) is 101 Å². The third kappa shape index (κ3) is 6.27. The van der Waals surface area contributed by atoms with Crippen molar-refractivity contribution in [1.29, 1.82) is 0 Å². The van der Waals surface area contributed by atoms with Crippen LogP contribution in [0.1, 0.15) is 35.3 Å². The number of hydrogen-bond donors (Lipinski definition) is 1. The van der Waals surface area contributed by atoms with Crippen molar-refractivity contribution in [2.45, 2.75) is 25.9 Å². The predicted molar refractivity (Wildman–Crippen MR) is 134 cm³/mol. The molecule has 0 saturated carbocycles. The molecule has 36 heavy (non-hydrogen) atoms. The number of methoxy groups -OCH3 is 3. The van der Waals surface area contributed by atoms with Crippen LogP contribution in [0.25, 0.3) is 0 Å². The summed E-state index contributed by atoms with van der Waals surface area (Å²) < 4.78 is 27.3. The molecular formula is C28H30O8. The standard InChI is InChI=1S/C28H30O8/c1-28(2,27(30)31)36-24-17-21(32-3)11-12-22(24)26(29)19-7-9-20(10-8-19)35-15-14-18-6-13-23(33-4)25(16-18)34-5/h6-13,16-17H,14-15H2,1-5H3,(H,30,31). The molecule has 0 spiro atoms. The SMILES string of the molecule is COc1ccc(C(=O)c2ccc(OCCc3ccc(OC)c(OC)c3)cc2)c(OC(C)(C)C(=O)O)c1. The lowest BCUT2D eigenvalue weighted by atomic mass is 10.0. The van der Waals surface area contributed by atoms with Gasteiger partial charge < -0.3 is 28.8 Å². The van der Waals surface area contributed by atoms with Crippen LogP contribution in [0, 0.1) is 0 Å². The van der Waals surface area contributed by atoms with Gasteiger partial charge in [0.2, 0.25) is 0 Å². The van der Waals surface area contributed by atoms with E-state index in [1.54, 1.807) is 50.6 Å². The third-order valence-corrected chi connectivity index (χ3v) is 5.54. The average Bonchev–Trinajstić information content (AvgIpc) is 2.88. The Morgan fingerprint density at radius 1 is 0.778 bits per heavy atom. The first kappa shape index (κ1) is 26.4. The van der Waals surface area contributed by atoms with E-state index in [-0.39, 0.29) is 17.1 Å². The van der Waals surface area contributed by atoms with Crippen LogP contribution in [0.15, 0.2) is 60.7 Å². The lowest BCUT2D eigenvalue weighted by Crippen LogP contribution is -2.38. The van der Waals surface area contributed by atoms with Crippen LogP contribution in [0.5, 0.6) is 28.7 Å². The highest BCUT2D eigenvalue weighted by atomic mass is 16.5. The van der Waals surface area contributed by atoms with E-state index in [9.17, 15) is 14.7 Å². The number of benzene rings is 3. The van der Waals surface area contributed by atoms with E-state index in [4.69, 9.17) is 23.7 Å². The lowest BCUT2D eigenvalue weighted by molar-refractivity contribution is -0.152. The van der Waals surface area contributed by atoms with Crippen molar-refractivity contribution >= 4 is 11.8 Å². The predicted octanol–water partition coefficient (Wildman–Crippen LogP) is 4.81. The molecule has 0 bridgehead atoms. The molecule has 0 unspecified atom stereocenters. The summed E-state index contributed by atoms with van der Waals surface area (Å²) in [6.07, 6.45) is 0.660. The molecule has 0 fully saturated rings. The second kappa shape index (κ2) is 11.5. The van der Waals surface area contributed by atoms with Crippen molar-refractivity contribution in [2.75, 3.05) is 27.9 Å². The molecule has 3 rings (SSSR count). The van der Waals surface area contributed by atoms with Crippen molar-refractivity contribution < 1.29 is 38.4 Å². The van der Waals surface area contributed by atoms with Gasteiger partial charge in [0.1, 0.15) is 17.2 Å². The highest BCUT2D eigenvalue weighted by molar-refractivity contribution is 6.11. The number of ether oxygens (including phenoxy) is 5. The summed E-state index contributed by atoms with van der Waals surface area (Å²) in [4.78, 5) is 24.8. The van der Waals surface area contributed by atoms with Gasteiger partial charge >= 0.3 is 5.97 Å². The molecule has 0 atom stereocenters. The maximum Gasteiger partial charge on any atom is 0.347 e. The maximum atomic E-state index is 13.2. The second-order valence-electron chi connectivity index (χ2n) is 8.42. The molecule has 0 heterocycles. The van der Waals surface area contributed by atoms with Gasteiger partial charge in [-0.1, -0.05) is 6.07 Å². The minimum Gasteiger partial charge on any atom is -0.497 e. The molecule has 1 N–H and O–H groups in total. The summed E-state index contributed by atoms with van der Waals surface area (Å²) in [5, 5.41) is 9.43. The van der Waals surface area contributed by atoms with Crippen LogP contribution in [-0.4, -0.2) is 50.4 Å². The largest absolute Gasteiger partial charge is 0.497 e. The zero-order valence-electron chi connectivity index (χ0n) is 21.0. The number of hydrogen-bond acceptors (Lipinski definition) is 7. The van der Waals surface area contributed by atoms with Gasteiger partial charge in [-0.3, -0.25) is 4.79 Å². The molecule has 0 amide bonds. The molecule has 0 saturated heterocycles. The smallest absolute Gasteiger partial charge is 0.347 e. The van der Waals surface area contributed by atoms with Gasteiger partial charge in [0.15, 0.2) is 22.9 Å². The van der Waals surface area contributed by atoms with Crippen LogP contribution < -0.4 is 23.7 Å². The monoisotopic (exact) mass is 494 g/mol. The van der Waals surface area contributed by atoms with Crippen LogP contribution in [0.2, 0.25) is 0 Å². The summed E-state index contributed by atoms with van der Waals surface area (Å²) >= 11 is 0. The minimum atomic E-state index is -1.53. The zero-order valence-corrected chi connectivity index (χ0v) is 21.0. The average molecular weight is 495 g/mol. The summed E-state index contributed by atoms with van der Waals surface area (Å²) in [6, 6.07) is 17.1. The molecule has 3 aromatic carbocycles. The quantitative estimate of drug-likeness (QED) is 0.358. The molecule has 0 aliphatic rings. The molecule has 8 heteroatoms. The normalized spacial score (nSPS) is 10.9. The highest BCUT2D eigenvalue weighted by Gasteiger charge is 2.31. The van der Waals surface area contributed by atoms with Gasteiger partial charge in [-0.2, -0.15) is 0 Å². The van der Waals surface area contributed by atoms with E-state index in [0.29, 0.717) is 41.6 Å².